The zero-order valence-electron chi connectivity index (χ0n) is 13.3. The van der Waals surface area contributed by atoms with E-state index in [1.54, 1.807) is 0 Å². The summed E-state index contributed by atoms with van der Waals surface area (Å²) in [6, 6.07) is 6.13. The van der Waals surface area contributed by atoms with E-state index in [0.29, 0.717) is 32.3 Å². The van der Waals surface area contributed by atoms with Crippen molar-refractivity contribution in [3.63, 3.8) is 0 Å². The van der Waals surface area contributed by atoms with Crippen molar-refractivity contribution < 1.29 is 19.0 Å². The average molecular weight is 317 g/mol. The Kier molecular flexibility index (Phi) is 4.12. The summed E-state index contributed by atoms with van der Waals surface area (Å²) in [6.45, 7) is 2.56. The molecule has 5 heteroatoms. The predicted octanol–water partition coefficient (Wildman–Crippen LogP) is 2.45. The molecule has 1 saturated carbocycles. The monoisotopic (exact) mass is 317 g/mol. The standard InChI is InChI=1S/C18H23NO4/c20-18(13-5-7-21-8-6-13)19-17(12-1-2-12)14-3-4-15-16(11-14)23-10-9-22-15/h3-4,11-13,17H,1-2,5-10H2,(H,19,20). The number of hydrogen-bond acceptors (Lipinski definition) is 4. The van der Waals surface area contributed by atoms with Crippen molar-refractivity contribution in [1.82, 2.24) is 5.32 Å². The second kappa shape index (κ2) is 6.40. The number of carbonyl (C=O) groups is 1. The predicted molar refractivity (Wildman–Crippen MR) is 84.6 cm³/mol. The van der Waals surface area contributed by atoms with Crippen LogP contribution in [-0.4, -0.2) is 32.3 Å². The topological polar surface area (TPSA) is 56.8 Å². The van der Waals surface area contributed by atoms with Crippen molar-refractivity contribution in [2.24, 2.45) is 11.8 Å². The third-order valence-corrected chi connectivity index (χ3v) is 4.91. The maximum absolute atomic E-state index is 12.6. The molecule has 1 atom stereocenters. The minimum Gasteiger partial charge on any atom is -0.486 e. The van der Waals surface area contributed by atoms with Crippen LogP contribution in [0.2, 0.25) is 0 Å². The van der Waals surface area contributed by atoms with E-state index in [-0.39, 0.29) is 17.9 Å². The lowest BCUT2D eigenvalue weighted by molar-refractivity contribution is -0.128. The Morgan fingerprint density at radius 1 is 1.00 bits per heavy atom. The summed E-state index contributed by atoms with van der Waals surface area (Å²) < 4.78 is 16.6. The first kappa shape index (κ1) is 14.8. The molecular weight excluding hydrogens is 294 g/mol. The van der Waals surface area contributed by atoms with Gasteiger partial charge in [0.25, 0.3) is 0 Å². The van der Waals surface area contributed by atoms with Gasteiger partial charge in [0.2, 0.25) is 5.91 Å². The maximum Gasteiger partial charge on any atom is 0.223 e. The molecule has 2 heterocycles. The molecule has 1 saturated heterocycles. The first-order valence-corrected chi connectivity index (χ1v) is 8.59. The van der Waals surface area contributed by atoms with E-state index >= 15 is 0 Å². The zero-order valence-corrected chi connectivity index (χ0v) is 13.3. The van der Waals surface area contributed by atoms with E-state index in [1.807, 2.05) is 12.1 Å². The number of benzene rings is 1. The third kappa shape index (κ3) is 3.29. The molecule has 1 N–H and O–H groups in total. The normalized spacial score (nSPS) is 22.4. The summed E-state index contributed by atoms with van der Waals surface area (Å²) in [5.74, 6) is 2.38. The van der Waals surface area contributed by atoms with Crippen LogP contribution in [0.25, 0.3) is 0 Å². The van der Waals surface area contributed by atoms with E-state index < -0.39 is 0 Å². The SMILES string of the molecule is O=C(NC(c1ccc2c(c1)OCCO2)C1CC1)C1CCOCC1. The van der Waals surface area contributed by atoms with Gasteiger partial charge in [-0.25, -0.2) is 0 Å². The van der Waals surface area contributed by atoms with E-state index in [4.69, 9.17) is 14.2 Å². The van der Waals surface area contributed by atoms with Crippen LogP contribution < -0.4 is 14.8 Å². The fourth-order valence-corrected chi connectivity index (χ4v) is 3.39. The third-order valence-electron chi connectivity index (χ3n) is 4.91. The first-order valence-electron chi connectivity index (χ1n) is 8.59. The van der Waals surface area contributed by atoms with Gasteiger partial charge in [-0.1, -0.05) is 6.07 Å². The number of amides is 1. The molecule has 1 aromatic carbocycles. The van der Waals surface area contributed by atoms with Gasteiger partial charge >= 0.3 is 0 Å². The van der Waals surface area contributed by atoms with Crippen LogP contribution >= 0.6 is 0 Å². The Labute approximate surface area is 136 Å². The molecule has 5 nitrogen and oxygen atoms in total. The van der Waals surface area contributed by atoms with Crippen molar-refractivity contribution in [3.05, 3.63) is 23.8 Å². The molecule has 124 valence electrons. The van der Waals surface area contributed by atoms with Crippen LogP contribution in [0.5, 0.6) is 11.5 Å². The van der Waals surface area contributed by atoms with Gasteiger partial charge in [0.05, 0.1) is 6.04 Å². The van der Waals surface area contributed by atoms with Gasteiger partial charge in [-0.15, -0.1) is 0 Å². The molecular formula is C18H23NO4. The van der Waals surface area contributed by atoms with E-state index in [9.17, 15) is 4.79 Å². The average Bonchev–Trinajstić information content (AvgIpc) is 3.45. The first-order chi connectivity index (χ1) is 11.3. The van der Waals surface area contributed by atoms with Gasteiger partial charge in [-0.2, -0.15) is 0 Å². The highest BCUT2D eigenvalue weighted by molar-refractivity contribution is 5.79. The fraction of sp³-hybridized carbons (Fsp3) is 0.611. The Balaban J connectivity index is 1.50. The van der Waals surface area contributed by atoms with Crippen molar-refractivity contribution in [2.45, 2.75) is 31.7 Å². The van der Waals surface area contributed by atoms with Gasteiger partial charge in [0, 0.05) is 19.1 Å². The lowest BCUT2D eigenvalue weighted by Gasteiger charge is -2.26. The number of rotatable bonds is 4. The largest absolute Gasteiger partial charge is 0.486 e. The van der Waals surface area contributed by atoms with E-state index in [2.05, 4.69) is 11.4 Å². The molecule has 3 aliphatic rings. The van der Waals surface area contributed by atoms with Crippen LogP contribution in [0.15, 0.2) is 18.2 Å². The number of ether oxygens (including phenoxy) is 3. The van der Waals surface area contributed by atoms with Crippen molar-refractivity contribution >= 4 is 5.91 Å². The minimum atomic E-state index is 0.0844. The molecule has 1 aliphatic carbocycles. The summed E-state index contributed by atoms with van der Waals surface area (Å²) >= 11 is 0. The molecule has 0 aromatic heterocycles. The lowest BCUT2D eigenvalue weighted by atomic mass is 9.96. The molecule has 2 fully saturated rings. The van der Waals surface area contributed by atoms with E-state index in [0.717, 1.165) is 29.9 Å². The summed E-state index contributed by atoms with van der Waals surface area (Å²) in [5, 5.41) is 3.28. The van der Waals surface area contributed by atoms with Gasteiger partial charge in [-0.05, 0) is 49.3 Å². The summed E-state index contributed by atoms with van der Waals surface area (Å²) in [5.41, 5.74) is 1.12. The molecule has 1 unspecified atom stereocenters. The Morgan fingerprint density at radius 2 is 1.74 bits per heavy atom. The molecule has 1 amide bonds. The molecule has 0 spiro atoms. The van der Waals surface area contributed by atoms with Crippen LogP contribution in [-0.2, 0) is 9.53 Å². The van der Waals surface area contributed by atoms with Gasteiger partial charge in [0.1, 0.15) is 13.2 Å². The molecule has 4 rings (SSSR count). The van der Waals surface area contributed by atoms with Crippen LogP contribution in [0.4, 0.5) is 0 Å². The molecule has 0 radical (unpaired) electrons. The van der Waals surface area contributed by atoms with Gasteiger partial charge in [0.15, 0.2) is 11.5 Å². The van der Waals surface area contributed by atoms with Gasteiger partial charge < -0.3 is 19.5 Å². The second-order valence-corrected chi connectivity index (χ2v) is 6.61. The van der Waals surface area contributed by atoms with Crippen LogP contribution in [0.1, 0.15) is 37.3 Å². The Hall–Kier alpha value is -1.75. The number of nitrogens with one attached hydrogen (secondary N) is 1. The Bertz CT molecular complexity index is 578. The summed E-state index contributed by atoms with van der Waals surface area (Å²) in [7, 11) is 0. The highest BCUT2D eigenvalue weighted by Gasteiger charge is 2.35. The quantitative estimate of drug-likeness (QED) is 0.927. The smallest absolute Gasteiger partial charge is 0.223 e. The molecule has 0 bridgehead atoms. The van der Waals surface area contributed by atoms with Crippen molar-refractivity contribution in [1.29, 1.82) is 0 Å². The van der Waals surface area contributed by atoms with Gasteiger partial charge in [-0.3, -0.25) is 4.79 Å². The maximum atomic E-state index is 12.6. The van der Waals surface area contributed by atoms with Crippen molar-refractivity contribution in [2.75, 3.05) is 26.4 Å². The lowest BCUT2D eigenvalue weighted by Crippen LogP contribution is -2.37. The number of hydrogen-bond donors (Lipinski definition) is 1. The zero-order chi connectivity index (χ0) is 15.6. The van der Waals surface area contributed by atoms with E-state index in [1.165, 1.54) is 12.8 Å². The fourth-order valence-electron chi connectivity index (χ4n) is 3.39. The summed E-state index contributed by atoms with van der Waals surface area (Å²) in [4.78, 5) is 12.6. The summed E-state index contributed by atoms with van der Waals surface area (Å²) in [6.07, 6.45) is 4.00. The van der Waals surface area contributed by atoms with Crippen molar-refractivity contribution in [3.8, 4) is 11.5 Å². The number of carbonyl (C=O) groups excluding carboxylic acids is 1. The Morgan fingerprint density at radius 3 is 2.48 bits per heavy atom. The minimum absolute atomic E-state index is 0.0844. The highest BCUT2D eigenvalue weighted by atomic mass is 16.6. The number of fused-ring (bicyclic) bond motifs is 1. The second-order valence-electron chi connectivity index (χ2n) is 6.61. The molecule has 2 aliphatic heterocycles. The highest BCUT2D eigenvalue weighted by Crippen LogP contribution is 2.43. The molecule has 1 aromatic rings. The van der Waals surface area contributed by atoms with Crippen LogP contribution in [0.3, 0.4) is 0 Å². The van der Waals surface area contributed by atoms with Crippen LogP contribution in [0, 0.1) is 11.8 Å². The molecule has 23 heavy (non-hydrogen) atoms.